The lowest BCUT2D eigenvalue weighted by molar-refractivity contribution is -0.129. The van der Waals surface area contributed by atoms with Crippen molar-refractivity contribution < 1.29 is 9.90 Å². The molecule has 1 aliphatic heterocycles. The maximum Gasteiger partial charge on any atom is 0.329 e. The molecule has 2 atom stereocenters. The first-order chi connectivity index (χ1) is 8.93. The molecule has 2 N–H and O–H groups in total. The highest BCUT2D eigenvalue weighted by Crippen LogP contribution is 2.36. The third-order valence-electron chi connectivity index (χ3n) is 3.03. The zero-order valence-corrected chi connectivity index (χ0v) is 11.4. The van der Waals surface area contributed by atoms with Crippen LogP contribution in [0.4, 0.5) is 0 Å². The quantitative estimate of drug-likeness (QED) is 0.746. The van der Waals surface area contributed by atoms with Gasteiger partial charge in [-0.3, -0.25) is 19.1 Å². The Kier molecular flexibility index (Phi) is 3.81. The predicted molar refractivity (Wildman–Crippen MR) is 70.9 cm³/mol. The van der Waals surface area contributed by atoms with Gasteiger partial charge in [-0.05, 0) is 6.92 Å². The minimum absolute atomic E-state index is 0.150. The molecule has 0 unspecified atom stereocenters. The standard InChI is InChI=1S/C11H15N3O4S/c1-6-3-14(11(18)12-10(6)17)8-4-13(7(2)16)9(5-15)19-8/h3,8-9,15H,4-5H2,1-2H3,(H,12,17,18)/t8-,9-/m1/s1. The Morgan fingerprint density at radius 3 is 2.79 bits per heavy atom. The Labute approximate surface area is 113 Å². The number of nitrogens with one attached hydrogen (secondary N) is 1. The number of aromatic amines is 1. The number of carbonyl (C=O) groups is 1. The third kappa shape index (κ3) is 2.59. The van der Waals surface area contributed by atoms with E-state index in [9.17, 15) is 19.5 Å². The second-order valence-electron chi connectivity index (χ2n) is 4.38. The first-order valence-corrected chi connectivity index (χ1v) is 6.74. The van der Waals surface area contributed by atoms with Crippen molar-refractivity contribution in [2.75, 3.05) is 13.2 Å². The summed E-state index contributed by atoms with van der Waals surface area (Å²) >= 11 is 1.32. The van der Waals surface area contributed by atoms with Crippen LogP contribution in [0.15, 0.2) is 15.8 Å². The number of amides is 1. The van der Waals surface area contributed by atoms with Crippen molar-refractivity contribution in [2.45, 2.75) is 24.6 Å². The van der Waals surface area contributed by atoms with Crippen LogP contribution in [0.3, 0.4) is 0 Å². The molecule has 0 spiro atoms. The van der Waals surface area contributed by atoms with E-state index in [1.165, 1.54) is 34.3 Å². The van der Waals surface area contributed by atoms with Gasteiger partial charge in [0.1, 0.15) is 10.7 Å². The molecule has 1 aliphatic rings. The number of thioether (sulfide) groups is 1. The Balaban J connectivity index is 2.35. The molecule has 2 heterocycles. The molecule has 2 rings (SSSR count). The molecular weight excluding hydrogens is 270 g/mol. The van der Waals surface area contributed by atoms with Gasteiger partial charge < -0.3 is 10.0 Å². The van der Waals surface area contributed by atoms with Crippen molar-refractivity contribution in [1.82, 2.24) is 14.5 Å². The van der Waals surface area contributed by atoms with Gasteiger partial charge in [0.25, 0.3) is 5.56 Å². The molecule has 1 fully saturated rings. The van der Waals surface area contributed by atoms with Crippen molar-refractivity contribution in [3.8, 4) is 0 Å². The number of aliphatic hydroxyl groups excluding tert-OH is 1. The van der Waals surface area contributed by atoms with E-state index in [1.54, 1.807) is 6.92 Å². The van der Waals surface area contributed by atoms with E-state index in [2.05, 4.69) is 4.98 Å². The fraction of sp³-hybridized carbons (Fsp3) is 0.545. The third-order valence-corrected chi connectivity index (χ3v) is 4.44. The van der Waals surface area contributed by atoms with Crippen LogP contribution in [0, 0.1) is 6.92 Å². The van der Waals surface area contributed by atoms with Crippen LogP contribution in [-0.2, 0) is 4.79 Å². The summed E-state index contributed by atoms with van der Waals surface area (Å²) in [5.74, 6) is -0.150. The highest BCUT2D eigenvalue weighted by atomic mass is 32.2. The van der Waals surface area contributed by atoms with Crippen LogP contribution < -0.4 is 11.2 Å². The van der Waals surface area contributed by atoms with Crippen molar-refractivity contribution in [3.05, 3.63) is 32.6 Å². The second-order valence-corrected chi connectivity index (χ2v) is 5.74. The van der Waals surface area contributed by atoms with E-state index in [0.29, 0.717) is 12.1 Å². The number of aromatic nitrogens is 2. The number of hydrogen-bond acceptors (Lipinski definition) is 5. The number of H-pyrrole nitrogens is 1. The molecular formula is C11H15N3O4S. The molecule has 1 aromatic heterocycles. The van der Waals surface area contributed by atoms with Crippen LogP contribution in [0.25, 0.3) is 0 Å². The zero-order chi connectivity index (χ0) is 14.2. The van der Waals surface area contributed by atoms with E-state index in [0.717, 1.165) is 0 Å². The van der Waals surface area contributed by atoms with Gasteiger partial charge >= 0.3 is 5.69 Å². The largest absolute Gasteiger partial charge is 0.393 e. The Bertz CT molecular complexity index is 609. The SMILES string of the molecule is CC(=O)N1C[C@H](n2cc(C)c(=O)[nH]c2=O)S[C@@H]1CO. The van der Waals surface area contributed by atoms with E-state index in [4.69, 9.17) is 0 Å². The maximum atomic E-state index is 11.8. The average Bonchev–Trinajstić information content (AvgIpc) is 2.77. The van der Waals surface area contributed by atoms with Gasteiger partial charge in [-0.25, -0.2) is 4.79 Å². The lowest BCUT2D eigenvalue weighted by Gasteiger charge is -2.19. The van der Waals surface area contributed by atoms with Gasteiger partial charge in [0.2, 0.25) is 5.91 Å². The van der Waals surface area contributed by atoms with E-state index >= 15 is 0 Å². The average molecular weight is 285 g/mol. The number of nitrogens with zero attached hydrogens (tertiary/aromatic N) is 2. The number of carbonyl (C=O) groups excluding carboxylic acids is 1. The summed E-state index contributed by atoms with van der Waals surface area (Å²) in [6.45, 7) is 3.20. The smallest absolute Gasteiger partial charge is 0.329 e. The van der Waals surface area contributed by atoms with Crippen molar-refractivity contribution in [3.63, 3.8) is 0 Å². The Morgan fingerprint density at radius 2 is 2.26 bits per heavy atom. The molecule has 7 nitrogen and oxygen atoms in total. The monoisotopic (exact) mass is 285 g/mol. The molecule has 1 aromatic rings. The summed E-state index contributed by atoms with van der Waals surface area (Å²) in [5, 5.41) is 8.60. The zero-order valence-electron chi connectivity index (χ0n) is 10.6. The lowest BCUT2D eigenvalue weighted by Crippen LogP contribution is -2.37. The van der Waals surface area contributed by atoms with Gasteiger partial charge in [-0.2, -0.15) is 0 Å². The number of rotatable bonds is 2. The summed E-state index contributed by atoms with van der Waals surface area (Å²) in [6, 6.07) is 0. The Hall–Kier alpha value is -1.54. The van der Waals surface area contributed by atoms with Gasteiger partial charge in [-0.1, -0.05) is 0 Å². The van der Waals surface area contributed by atoms with Crippen LogP contribution in [-0.4, -0.2) is 44.0 Å². The number of aryl methyl sites for hydroxylation is 1. The fourth-order valence-electron chi connectivity index (χ4n) is 2.01. The molecule has 1 amide bonds. The first kappa shape index (κ1) is 13.9. The first-order valence-electron chi connectivity index (χ1n) is 5.79. The summed E-state index contributed by atoms with van der Waals surface area (Å²) in [7, 11) is 0. The molecule has 0 aliphatic carbocycles. The highest BCUT2D eigenvalue weighted by molar-refractivity contribution is 8.00. The fourth-order valence-corrected chi connectivity index (χ4v) is 3.37. The highest BCUT2D eigenvalue weighted by Gasteiger charge is 2.35. The van der Waals surface area contributed by atoms with Crippen molar-refractivity contribution >= 4 is 17.7 Å². The molecule has 0 aromatic carbocycles. The summed E-state index contributed by atoms with van der Waals surface area (Å²) in [6.07, 6.45) is 1.48. The van der Waals surface area contributed by atoms with Crippen LogP contribution in [0.2, 0.25) is 0 Å². The minimum Gasteiger partial charge on any atom is -0.393 e. The van der Waals surface area contributed by atoms with Gasteiger partial charge in [-0.15, -0.1) is 11.8 Å². The second kappa shape index (κ2) is 5.22. The van der Waals surface area contributed by atoms with Crippen molar-refractivity contribution in [2.24, 2.45) is 0 Å². The minimum atomic E-state index is -0.504. The van der Waals surface area contributed by atoms with Crippen molar-refractivity contribution in [1.29, 1.82) is 0 Å². The van der Waals surface area contributed by atoms with Gasteiger partial charge in [0.05, 0.1) is 13.2 Å². The molecule has 104 valence electrons. The van der Waals surface area contributed by atoms with Crippen LogP contribution >= 0.6 is 11.8 Å². The predicted octanol–water partition coefficient (Wildman–Crippen LogP) is -0.743. The topological polar surface area (TPSA) is 95.4 Å². The summed E-state index contributed by atoms with van der Waals surface area (Å²) in [4.78, 5) is 38.3. The number of hydrogen-bond donors (Lipinski definition) is 2. The molecule has 0 bridgehead atoms. The van der Waals surface area contributed by atoms with Crippen LogP contribution in [0.5, 0.6) is 0 Å². The molecule has 1 saturated heterocycles. The Morgan fingerprint density at radius 1 is 1.58 bits per heavy atom. The number of aliphatic hydroxyl groups is 1. The van der Waals surface area contributed by atoms with Gasteiger partial charge in [0.15, 0.2) is 0 Å². The summed E-state index contributed by atoms with van der Waals surface area (Å²) in [5.41, 5.74) is -0.483. The van der Waals surface area contributed by atoms with E-state index in [1.807, 2.05) is 0 Å². The lowest BCUT2D eigenvalue weighted by atomic mass is 10.4. The maximum absolute atomic E-state index is 11.8. The molecule has 0 saturated carbocycles. The van der Waals surface area contributed by atoms with Crippen LogP contribution in [0.1, 0.15) is 17.9 Å². The molecule has 19 heavy (non-hydrogen) atoms. The molecule has 0 radical (unpaired) electrons. The van der Waals surface area contributed by atoms with Gasteiger partial charge in [0, 0.05) is 18.7 Å². The summed E-state index contributed by atoms with van der Waals surface area (Å²) < 4.78 is 1.40. The normalized spacial score (nSPS) is 22.8. The molecule has 8 heteroatoms. The van der Waals surface area contributed by atoms with E-state index in [-0.39, 0.29) is 23.3 Å². The van der Waals surface area contributed by atoms with E-state index < -0.39 is 11.2 Å².